The smallest absolute Gasteiger partial charge is 0.312 e. The SMILES string of the molecule is CCc1ccccc1N1C[C@@H](C(=O)O[C@H](C)C(=O)Nc2ccccc2Cl)CC1=O. The molecule has 2 atom stereocenters. The van der Waals surface area contributed by atoms with Gasteiger partial charge in [0, 0.05) is 18.7 Å². The summed E-state index contributed by atoms with van der Waals surface area (Å²) in [5.74, 6) is -1.77. The van der Waals surface area contributed by atoms with Crippen LogP contribution >= 0.6 is 11.6 Å². The number of nitrogens with zero attached hydrogens (tertiary/aromatic N) is 1. The Bertz CT molecular complexity index is 931. The number of halogens is 1. The van der Waals surface area contributed by atoms with Gasteiger partial charge >= 0.3 is 5.97 Å². The zero-order chi connectivity index (χ0) is 21.0. The summed E-state index contributed by atoms with van der Waals surface area (Å²) >= 11 is 6.03. The summed E-state index contributed by atoms with van der Waals surface area (Å²) in [6.07, 6.45) is -0.157. The molecular formula is C22H23ClN2O4. The maximum Gasteiger partial charge on any atom is 0.312 e. The Morgan fingerprint density at radius 2 is 1.90 bits per heavy atom. The predicted octanol–water partition coefficient (Wildman–Crippen LogP) is 3.83. The van der Waals surface area contributed by atoms with E-state index >= 15 is 0 Å². The van der Waals surface area contributed by atoms with Crippen LogP contribution in [0.1, 0.15) is 25.8 Å². The maximum absolute atomic E-state index is 12.5. The molecule has 0 aliphatic carbocycles. The van der Waals surface area contributed by atoms with E-state index in [4.69, 9.17) is 16.3 Å². The second-order valence-corrected chi connectivity index (χ2v) is 7.34. The first kappa shape index (κ1) is 20.9. The molecule has 1 N–H and O–H groups in total. The lowest BCUT2D eigenvalue weighted by atomic mass is 10.1. The van der Waals surface area contributed by atoms with Crippen LogP contribution in [0.25, 0.3) is 0 Å². The van der Waals surface area contributed by atoms with E-state index in [1.165, 1.54) is 6.92 Å². The molecular weight excluding hydrogens is 392 g/mol. The fourth-order valence-corrected chi connectivity index (χ4v) is 3.48. The molecule has 0 spiro atoms. The number of esters is 1. The van der Waals surface area contributed by atoms with E-state index < -0.39 is 23.9 Å². The van der Waals surface area contributed by atoms with Crippen LogP contribution in [0.5, 0.6) is 0 Å². The van der Waals surface area contributed by atoms with Crippen LogP contribution in [0.15, 0.2) is 48.5 Å². The Kier molecular flexibility index (Phi) is 6.54. The van der Waals surface area contributed by atoms with Crippen LogP contribution in [0.3, 0.4) is 0 Å². The van der Waals surface area contributed by atoms with Crippen molar-refractivity contribution in [3.63, 3.8) is 0 Å². The predicted molar refractivity (Wildman–Crippen MR) is 112 cm³/mol. The average Bonchev–Trinajstić information content (AvgIpc) is 3.11. The van der Waals surface area contributed by atoms with Crippen LogP contribution in [-0.2, 0) is 25.5 Å². The number of carbonyl (C=O) groups is 3. The third-order valence-electron chi connectivity index (χ3n) is 4.92. The van der Waals surface area contributed by atoms with Crippen molar-refractivity contribution < 1.29 is 19.1 Å². The molecule has 1 fully saturated rings. The minimum atomic E-state index is -1.01. The molecule has 2 aromatic carbocycles. The van der Waals surface area contributed by atoms with Crippen molar-refractivity contribution in [1.82, 2.24) is 0 Å². The van der Waals surface area contributed by atoms with Crippen molar-refractivity contribution in [2.24, 2.45) is 5.92 Å². The molecule has 7 heteroatoms. The van der Waals surface area contributed by atoms with E-state index in [2.05, 4.69) is 5.32 Å². The molecule has 0 bridgehead atoms. The number of nitrogens with one attached hydrogen (secondary N) is 1. The maximum atomic E-state index is 12.5. The number of hydrogen-bond donors (Lipinski definition) is 1. The van der Waals surface area contributed by atoms with Crippen molar-refractivity contribution in [2.45, 2.75) is 32.8 Å². The standard InChI is InChI=1S/C22H23ClN2O4/c1-3-15-8-4-7-11-19(15)25-13-16(12-20(25)26)22(28)29-14(2)21(27)24-18-10-6-5-9-17(18)23/h4-11,14,16H,3,12-13H2,1-2H3,(H,24,27)/t14-,16+/m1/s1. The summed E-state index contributed by atoms with van der Waals surface area (Å²) < 4.78 is 5.32. The van der Waals surface area contributed by atoms with Crippen molar-refractivity contribution in [2.75, 3.05) is 16.8 Å². The van der Waals surface area contributed by atoms with E-state index in [0.717, 1.165) is 17.7 Å². The average molecular weight is 415 g/mol. The molecule has 1 aliphatic heterocycles. The highest BCUT2D eigenvalue weighted by atomic mass is 35.5. The molecule has 2 aromatic rings. The van der Waals surface area contributed by atoms with Gasteiger partial charge in [-0.05, 0) is 37.1 Å². The topological polar surface area (TPSA) is 75.7 Å². The lowest BCUT2D eigenvalue weighted by molar-refractivity contribution is -0.157. The first-order valence-electron chi connectivity index (χ1n) is 9.54. The van der Waals surface area contributed by atoms with Crippen molar-refractivity contribution in [1.29, 1.82) is 0 Å². The second kappa shape index (κ2) is 9.09. The third-order valence-corrected chi connectivity index (χ3v) is 5.25. The number of hydrogen-bond acceptors (Lipinski definition) is 4. The fourth-order valence-electron chi connectivity index (χ4n) is 3.29. The van der Waals surface area contributed by atoms with Crippen LogP contribution in [0.4, 0.5) is 11.4 Å². The summed E-state index contributed by atoms with van der Waals surface area (Å²) in [4.78, 5) is 39.0. The first-order chi connectivity index (χ1) is 13.9. The lowest BCUT2D eigenvalue weighted by Gasteiger charge is -2.20. The highest BCUT2D eigenvalue weighted by Crippen LogP contribution is 2.29. The molecule has 0 saturated carbocycles. The number of anilines is 2. The second-order valence-electron chi connectivity index (χ2n) is 6.94. The first-order valence-corrected chi connectivity index (χ1v) is 9.92. The summed E-state index contributed by atoms with van der Waals surface area (Å²) in [5.41, 5.74) is 2.31. The largest absolute Gasteiger partial charge is 0.452 e. The molecule has 3 rings (SSSR count). The van der Waals surface area contributed by atoms with Crippen LogP contribution in [0.2, 0.25) is 5.02 Å². The van der Waals surface area contributed by atoms with E-state index in [1.54, 1.807) is 29.2 Å². The Morgan fingerprint density at radius 3 is 2.62 bits per heavy atom. The number of benzene rings is 2. The zero-order valence-electron chi connectivity index (χ0n) is 16.4. The number of amides is 2. The van der Waals surface area contributed by atoms with Gasteiger partial charge in [0.1, 0.15) is 0 Å². The van der Waals surface area contributed by atoms with Gasteiger partial charge in [0.15, 0.2) is 6.10 Å². The Balaban J connectivity index is 1.61. The van der Waals surface area contributed by atoms with Gasteiger partial charge in [-0.15, -0.1) is 0 Å². The van der Waals surface area contributed by atoms with Crippen LogP contribution in [-0.4, -0.2) is 30.4 Å². The molecule has 1 heterocycles. The molecule has 6 nitrogen and oxygen atoms in total. The zero-order valence-corrected chi connectivity index (χ0v) is 17.1. The van der Waals surface area contributed by atoms with Gasteiger partial charge < -0.3 is 15.0 Å². The van der Waals surface area contributed by atoms with E-state index in [1.807, 2.05) is 31.2 Å². The van der Waals surface area contributed by atoms with Gasteiger partial charge in [-0.1, -0.05) is 48.9 Å². The van der Waals surface area contributed by atoms with Gasteiger partial charge in [-0.25, -0.2) is 0 Å². The van der Waals surface area contributed by atoms with Crippen molar-refractivity contribution in [3.05, 3.63) is 59.1 Å². The molecule has 152 valence electrons. The fraction of sp³-hybridized carbons (Fsp3) is 0.318. The molecule has 2 amide bonds. The van der Waals surface area contributed by atoms with Gasteiger partial charge in [-0.3, -0.25) is 14.4 Å². The Labute approximate surface area is 174 Å². The van der Waals surface area contributed by atoms with Gasteiger partial charge in [-0.2, -0.15) is 0 Å². The van der Waals surface area contributed by atoms with Crippen LogP contribution < -0.4 is 10.2 Å². The Hall–Kier alpha value is -2.86. The van der Waals surface area contributed by atoms with Gasteiger partial charge in [0.2, 0.25) is 5.91 Å². The molecule has 1 aliphatic rings. The molecule has 1 saturated heterocycles. The summed E-state index contributed by atoms with van der Waals surface area (Å²) in [5, 5.41) is 3.03. The molecule has 29 heavy (non-hydrogen) atoms. The van der Waals surface area contributed by atoms with Gasteiger partial charge in [0.05, 0.1) is 16.6 Å². The summed E-state index contributed by atoms with van der Waals surface area (Å²) in [6.45, 7) is 3.75. The number of ether oxygens (including phenoxy) is 1. The summed E-state index contributed by atoms with van der Waals surface area (Å²) in [6, 6.07) is 14.4. The third kappa shape index (κ3) is 4.77. The highest BCUT2D eigenvalue weighted by molar-refractivity contribution is 6.33. The number of para-hydroxylation sites is 2. The lowest BCUT2D eigenvalue weighted by Crippen LogP contribution is -2.33. The number of aryl methyl sites for hydroxylation is 1. The van der Waals surface area contributed by atoms with Crippen LogP contribution in [0, 0.1) is 5.92 Å². The summed E-state index contributed by atoms with van der Waals surface area (Å²) in [7, 11) is 0. The highest BCUT2D eigenvalue weighted by Gasteiger charge is 2.37. The quantitative estimate of drug-likeness (QED) is 0.729. The normalized spacial score (nSPS) is 17.1. The molecule has 0 radical (unpaired) electrons. The monoisotopic (exact) mass is 414 g/mol. The van der Waals surface area contributed by atoms with Gasteiger partial charge in [0.25, 0.3) is 5.91 Å². The minimum Gasteiger partial charge on any atom is -0.452 e. The van der Waals surface area contributed by atoms with Crippen molar-refractivity contribution in [3.8, 4) is 0 Å². The van der Waals surface area contributed by atoms with Crippen molar-refractivity contribution >= 4 is 40.8 Å². The molecule has 0 aromatic heterocycles. The molecule has 0 unspecified atom stereocenters. The van der Waals surface area contributed by atoms with E-state index in [9.17, 15) is 14.4 Å². The number of rotatable bonds is 6. The minimum absolute atomic E-state index is 0.0652. The van der Waals surface area contributed by atoms with E-state index in [-0.39, 0.29) is 18.9 Å². The van der Waals surface area contributed by atoms with E-state index in [0.29, 0.717) is 10.7 Å². The number of carbonyl (C=O) groups excluding carboxylic acids is 3. The Morgan fingerprint density at radius 1 is 1.21 bits per heavy atom.